The van der Waals surface area contributed by atoms with E-state index in [1.54, 1.807) is 0 Å². The van der Waals surface area contributed by atoms with Crippen LogP contribution in [0.15, 0.2) is 18.3 Å². The molecule has 1 unspecified atom stereocenters. The molecule has 0 aliphatic carbocycles. The highest BCUT2D eigenvalue weighted by atomic mass is 16.3. The first-order valence-corrected chi connectivity index (χ1v) is 5.32. The van der Waals surface area contributed by atoms with E-state index < -0.39 is 0 Å². The molecule has 0 saturated carbocycles. The molecule has 0 aliphatic rings. The van der Waals surface area contributed by atoms with Crippen molar-refractivity contribution in [1.29, 1.82) is 0 Å². The van der Waals surface area contributed by atoms with Gasteiger partial charge in [-0.2, -0.15) is 0 Å². The lowest BCUT2D eigenvalue weighted by atomic mass is 10.1. The maximum Gasteiger partial charge on any atom is 0.0595 e. The molecule has 1 heterocycles. The third kappa shape index (κ3) is 3.88. The third-order valence-corrected chi connectivity index (χ3v) is 2.31. The zero-order valence-corrected chi connectivity index (χ0v) is 9.03. The quantitative estimate of drug-likeness (QED) is 0.779. The van der Waals surface area contributed by atoms with Crippen molar-refractivity contribution in [2.75, 3.05) is 0 Å². The summed E-state index contributed by atoms with van der Waals surface area (Å²) in [6, 6.07) is 4.03. The molecule has 1 aromatic heterocycles. The number of unbranched alkanes of at least 4 members (excludes halogenated alkanes) is 1. The van der Waals surface area contributed by atoms with Gasteiger partial charge in [-0.05, 0) is 25.0 Å². The first-order valence-electron chi connectivity index (χ1n) is 5.32. The summed E-state index contributed by atoms with van der Waals surface area (Å²) < 4.78 is 0. The van der Waals surface area contributed by atoms with Crippen molar-refractivity contribution in [3.63, 3.8) is 0 Å². The number of nitrogens with zero attached hydrogens (tertiary/aromatic N) is 1. The van der Waals surface area contributed by atoms with E-state index in [2.05, 4.69) is 11.9 Å². The van der Waals surface area contributed by atoms with Crippen LogP contribution in [-0.4, -0.2) is 16.2 Å². The van der Waals surface area contributed by atoms with Crippen molar-refractivity contribution in [3.05, 3.63) is 29.6 Å². The Labute approximate surface area is 86.0 Å². The Morgan fingerprint density at radius 1 is 1.43 bits per heavy atom. The maximum atomic E-state index is 9.66. The van der Waals surface area contributed by atoms with Crippen LogP contribution in [0.1, 0.15) is 37.4 Å². The Bertz CT molecular complexity index is 256. The van der Waals surface area contributed by atoms with Crippen LogP contribution in [-0.2, 0) is 6.42 Å². The Morgan fingerprint density at radius 3 is 2.79 bits per heavy atom. The predicted octanol–water partition coefficient (Wildman–Crippen LogP) is 2.48. The number of aliphatic hydroxyl groups excluding tert-OH is 1. The minimum atomic E-state index is -0.231. The van der Waals surface area contributed by atoms with E-state index in [0.29, 0.717) is 6.42 Å². The van der Waals surface area contributed by atoms with Crippen molar-refractivity contribution in [2.45, 2.75) is 45.6 Å². The van der Waals surface area contributed by atoms with Crippen molar-refractivity contribution in [3.8, 4) is 0 Å². The number of hydrogen-bond donors (Lipinski definition) is 1. The molecule has 2 heteroatoms. The van der Waals surface area contributed by atoms with Crippen LogP contribution in [0.25, 0.3) is 0 Å². The normalized spacial score (nSPS) is 12.8. The zero-order valence-electron chi connectivity index (χ0n) is 9.03. The Kier molecular flexibility index (Phi) is 4.60. The summed E-state index contributed by atoms with van der Waals surface area (Å²) in [7, 11) is 0. The van der Waals surface area contributed by atoms with E-state index in [1.165, 1.54) is 0 Å². The van der Waals surface area contributed by atoms with Gasteiger partial charge < -0.3 is 5.11 Å². The van der Waals surface area contributed by atoms with Crippen molar-refractivity contribution in [1.82, 2.24) is 4.98 Å². The Hall–Kier alpha value is -0.890. The summed E-state index contributed by atoms with van der Waals surface area (Å²) in [5.41, 5.74) is 2.15. The molecular weight excluding hydrogens is 174 g/mol. The standard InChI is InChI=1S/C12H19NO/c1-3-4-5-12(14)8-11-7-6-10(2)9-13-11/h6-7,9,12,14H,3-5,8H2,1-2H3. The molecule has 1 rings (SSSR count). The van der Waals surface area contributed by atoms with Crippen LogP contribution >= 0.6 is 0 Å². The minimum Gasteiger partial charge on any atom is -0.393 e. The summed E-state index contributed by atoms with van der Waals surface area (Å²) in [5.74, 6) is 0. The molecule has 0 radical (unpaired) electrons. The summed E-state index contributed by atoms with van der Waals surface area (Å²) >= 11 is 0. The lowest BCUT2D eigenvalue weighted by Gasteiger charge is -2.08. The third-order valence-electron chi connectivity index (χ3n) is 2.31. The average molecular weight is 193 g/mol. The number of aliphatic hydroxyl groups is 1. The highest BCUT2D eigenvalue weighted by Gasteiger charge is 2.05. The molecule has 1 N–H and O–H groups in total. The summed E-state index contributed by atoms with van der Waals surface area (Å²) in [6.07, 6.45) is 5.41. The molecular formula is C12H19NO. The number of aryl methyl sites for hydroxylation is 1. The van der Waals surface area contributed by atoms with Gasteiger partial charge in [-0.15, -0.1) is 0 Å². The number of hydrogen-bond acceptors (Lipinski definition) is 2. The zero-order chi connectivity index (χ0) is 10.4. The molecule has 0 fully saturated rings. The molecule has 0 amide bonds. The molecule has 0 aliphatic heterocycles. The fourth-order valence-corrected chi connectivity index (χ4v) is 1.40. The average Bonchev–Trinajstić information content (AvgIpc) is 2.18. The topological polar surface area (TPSA) is 33.1 Å². The molecule has 1 atom stereocenters. The van der Waals surface area contributed by atoms with Gasteiger partial charge in [0.15, 0.2) is 0 Å². The van der Waals surface area contributed by atoms with E-state index in [0.717, 1.165) is 30.5 Å². The molecule has 0 saturated heterocycles. The van der Waals surface area contributed by atoms with Gasteiger partial charge in [0, 0.05) is 18.3 Å². The smallest absolute Gasteiger partial charge is 0.0595 e. The van der Waals surface area contributed by atoms with E-state index in [1.807, 2.05) is 25.3 Å². The molecule has 0 aromatic carbocycles. The van der Waals surface area contributed by atoms with Crippen molar-refractivity contribution in [2.24, 2.45) is 0 Å². The second-order valence-corrected chi connectivity index (χ2v) is 3.83. The van der Waals surface area contributed by atoms with Gasteiger partial charge in [0.25, 0.3) is 0 Å². The largest absolute Gasteiger partial charge is 0.393 e. The SMILES string of the molecule is CCCCC(O)Cc1ccc(C)cn1. The first-order chi connectivity index (χ1) is 6.72. The first kappa shape index (κ1) is 11.2. The minimum absolute atomic E-state index is 0.231. The predicted molar refractivity (Wildman–Crippen MR) is 58.2 cm³/mol. The van der Waals surface area contributed by atoms with Gasteiger partial charge in [0.2, 0.25) is 0 Å². The molecule has 78 valence electrons. The fourth-order valence-electron chi connectivity index (χ4n) is 1.40. The Balaban J connectivity index is 2.39. The highest BCUT2D eigenvalue weighted by molar-refractivity contribution is 5.12. The summed E-state index contributed by atoms with van der Waals surface area (Å²) in [5, 5.41) is 9.66. The lowest BCUT2D eigenvalue weighted by Crippen LogP contribution is -2.11. The van der Waals surface area contributed by atoms with Crippen molar-refractivity contribution >= 4 is 0 Å². The second-order valence-electron chi connectivity index (χ2n) is 3.83. The molecule has 0 bridgehead atoms. The van der Waals surface area contributed by atoms with Gasteiger partial charge in [-0.1, -0.05) is 25.8 Å². The van der Waals surface area contributed by atoms with E-state index >= 15 is 0 Å². The molecule has 2 nitrogen and oxygen atoms in total. The van der Waals surface area contributed by atoms with Crippen LogP contribution in [0.4, 0.5) is 0 Å². The number of aromatic nitrogens is 1. The van der Waals surface area contributed by atoms with Gasteiger partial charge in [0.1, 0.15) is 0 Å². The van der Waals surface area contributed by atoms with Crippen LogP contribution in [0.2, 0.25) is 0 Å². The van der Waals surface area contributed by atoms with Gasteiger partial charge in [-0.25, -0.2) is 0 Å². The fraction of sp³-hybridized carbons (Fsp3) is 0.583. The summed E-state index contributed by atoms with van der Waals surface area (Å²) in [4.78, 5) is 4.27. The Morgan fingerprint density at radius 2 is 2.21 bits per heavy atom. The molecule has 0 spiro atoms. The monoisotopic (exact) mass is 193 g/mol. The van der Waals surface area contributed by atoms with E-state index in [-0.39, 0.29) is 6.10 Å². The van der Waals surface area contributed by atoms with Crippen LogP contribution in [0, 0.1) is 6.92 Å². The van der Waals surface area contributed by atoms with Gasteiger partial charge >= 0.3 is 0 Å². The summed E-state index contributed by atoms with van der Waals surface area (Å²) in [6.45, 7) is 4.15. The van der Waals surface area contributed by atoms with Crippen LogP contribution < -0.4 is 0 Å². The van der Waals surface area contributed by atoms with Crippen LogP contribution in [0.3, 0.4) is 0 Å². The highest BCUT2D eigenvalue weighted by Crippen LogP contribution is 2.07. The van der Waals surface area contributed by atoms with E-state index in [9.17, 15) is 5.11 Å². The van der Waals surface area contributed by atoms with Gasteiger partial charge in [0.05, 0.1) is 6.10 Å². The molecule has 1 aromatic rings. The van der Waals surface area contributed by atoms with Crippen molar-refractivity contribution < 1.29 is 5.11 Å². The van der Waals surface area contributed by atoms with Crippen LogP contribution in [0.5, 0.6) is 0 Å². The van der Waals surface area contributed by atoms with Gasteiger partial charge in [-0.3, -0.25) is 4.98 Å². The lowest BCUT2D eigenvalue weighted by molar-refractivity contribution is 0.160. The maximum absolute atomic E-state index is 9.66. The van der Waals surface area contributed by atoms with E-state index in [4.69, 9.17) is 0 Å². The second kappa shape index (κ2) is 5.76. The molecule has 14 heavy (non-hydrogen) atoms. The number of rotatable bonds is 5. The number of pyridine rings is 1.